The van der Waals surface area contributed by atoms with Gasteiger partial charge in [0.05, 0.1) is 16.9 Å². The number of hydrazine groups is 1. The molecule has 10 nitrogen and oxygen atoms in total. The molecule has 43 heavy (non-hydrogen) atoms. The zero-order valence-electron chi connectivity index (χ0n) is 24.5. The number of amides is 2. The lowest BCUT2D eigenvalue weighted by molar-refractivity contribution is -0.135. The van der Waals surface area contributed by atoms with E-state index in [1.165, 1.54) is 17.4 Å². The van der Waals surface area contributed by atoms with Gasteiger partial charge in [-0.1, -0.05) is 6.07 Å². The number of hydrogen-bond acceptors (Lipinski definition) is 11. The van der Waals surface area contributed by atoms with Crippen LogP contribution in [0.2, 0.25) is 0 Å². The van der Waals surface area contributed by atoms with Crippen molar-refractivity contribution >= 4 is 50.5 Å². The molecule has 4 aromatic rings. The second-order valence-electron chi connectivity index (χ2n) is 10.6. The maximum Gasteiger partial charge on any atom is 0.275 e. The number of methoxy groups -OCH3 is 1. The molecule has 2 aliphatic rings. The van der Waals surface area contributed by atoms with Crippen LogP contribution < -0.4 is 10.2 Å². The number of nitrogens with one attached hydrogen (secondary N) is 1. The summed E-state index contributed by atoms with van der Waals surface area (Å²) >= 11 is 3.10. The van der Waals surface area contributed by atoms with Crippen molar-refractivity contribution in [3.63, 3.8) is 0 Å². The third-order valence-corrected chi connectivity index (χ3v) is 9.82. The quantitative estimate of drug-likeness (QED) is 0.240. The van der Waals surface area contributed by atoms with Crippen LogP contribution in [0.3, 0.4) is 0 Å². The van der Waals surface area contributed by atoms with E-state index >= 15 is 0 Å². The normalized spacial score (nSPS) is 16.3. The number of piperazine rings is 1. The standard InChI is InChI=1S/C31H34N6O4S2/c1-20-19-25(38)37(31(20)39)34-29-26-21(2)27(43-30(26)33-28(32-29)24-5-4-18-42-24)22-6-8-23(9-7-22)41-17-15-36-12-10-35(11-13-36)14-16-40-3/h4-9,18-19H,10-17H2,1-3H3,(H,32,33,34). The Morgan fingerprint density at radius 2 is 1.67 bits per heavy atom. The summed E-state index contributed by atoms with van der Waals surface area (Å²) in [6.45, 7) is 11.1. The Morgan fingerprint density at radius 3 is 2.30 bits per heavy atom. The molecule has 224 valence electrons. The summed E-state index contributed by atoms with van der Waals surface area (Å²) in [6.07, 6.45) is 1.33. The van der Waals surface area contributed by atoms with E-state index in [4.69, 9.17) is 19.4 Å². The minimum Gasteiger partial charge on any atom is -0.492 e. The van der Waals surface area contributed by atoms with Crippen LogP contribution in [0.25, 0.3) is 31.4 Å². The topological polar surface area (TPSA) is 100 Å². The number of aryl methyl sites for hydroxylation is 1. The molecule has 6 rings (SSSR count). The molecule has 1 aromatic carbocycles. The first-order valence-corrected chi connectivity index (χ1v) is 16.0. The van der Waals surface area contributed by atoms with E-state index in [1.54, 1.807) is 25.4 Å². The van der Waals surface area contributed by atoms with Gasteiger partial charge in [0.1, 0.15) is 17.2 Å². The van der Waals surface area contributed by atoms with Crippen LogP contribution in [0, 0.1) is 6.92 Å². The second kappa shape index (κ2) is 12.9. The predicted octanol–water partition coefficient (Wildman–Crippen LogP) is 4.68. The molecule has 5 heterocycles. The van der Waals surface area contributed by atoms with Crippen LogP contribution >= 0.6 is 22.7 Å². The van der Waals surface area contributed by atoms with Gasteiger partial charge in [0.15, 0.2) is 11.6 Å². The lowest BCUT2D eigenvalue weighted by Gasteiger charge is -2.34. The molecule has 0 atom stereocenters. The maximum absolute atomic E-state index is 12.6. The molecule has 0 unspecified atom stereocenters. The van der Waals surface area contributed by atoms with Crippen molar-refractivity contribution < 1.29 is 19.1 Å². The molecule has 2 amide bonds. The minimum absolute atomic E-state index is 0.381. The molecule has 0 spiro atoms. The third-order valence-electron chi connectivity index (χ3n) is 7.72. The average molecular weight is 619 g/mol. The SMILES string of the molecule is COCCN1CCN(CCOc2ccc(-c3sc4nc(-c5cccs5)nc(NN5C(=O)C=C(C)C5=O)c4c3C)cc2)CC1. The molecule has 0 saturated carbocycles. The molecule has 0 radical (unpaired) electrons. The Labute approximate surface area is 258 Å². The van der Waals surface area contributed by atoms with Crippen molar-refractivity contribution in [2.24, 2.45) is 0 Å². The number of benzene rings is 1. The lowest BCUT2D eigenvalue weighted by Crippen LogP contribution is -2.48. The number of imide groups is 1. The number of nitrogens with zero attached hydrogens (tertiary/aromatic N) is 5. The van der Waals surface area contributed by atoms with Gasteiger partial charge in [0.2, 0.25) is 0 Å². The van der Waals surface area contributed by atoms with Crippen molar-refractivity contribution in [1.29, 1.82) is 0 Å². The van der Waals surface area contributed by atoms with Gasteiger partial charge in [0.25, 0.3) is 11.8 Å². The van der Waals surface area contributed by atoms with Gasteiger partial charge in [-0.15, -0.1) is 22.7 Å². The molecule has 1 fully saturated rings. The van der Waals surface area contributed by atoms with Gasteiger partial charge in [-0.3, -0.25) is 24.8 Å². The number of carbonyl (C=O) groups is 2. The number of fused-ring (bicyclic) bond motifs is 1. The molecule has 3 aromatic heterocycles. The third kappa shape index (κ3) is 6.34. The summed E-state index contributed by atoms with van der Waals surface area (Å²) in [7, 11) is 1.75. The Balaban J connectivity index is 1.18. The number of carbonyl (C=O) groups excluding carboxylic acids is 2. The first-order chi connectivity index (χ1) is 20.9. The summed E-state index contributed by atoms with van der Waals surface area (Å²) in [6, 6.07) is 12.0. The van der Waals surface area contributed by atoms with Crippen LogP contribution in [-0.4, -0.2) is 96.2 Å². The van der Waals surface area contributed by atoms with E-state index in [0.29, 0.717) is 23.8 Å². The van der Waals surface area contributed by atoms with Crippen LogP contribution in [-0.2, 0) is 14.3 Å². The van der Waals surface area contributed by atoms with Crippen LogP contribution in [0.5, 0.6) is 5.75 Å². The molecule has 0 bridgehead atoms. The second-order valence-corrected chi connectivity index (χ2v) is 12.5. The van der Waals surface area contributed by atoms with Gasteiger partial charge in [0, 0.05) is 62.9 Å². The molecular formula is C31H34N6O4S2. The fourth-order valence-electron chi connectivity index (χ4n) is 5.26. The smallest absolute Gasteiger partial charge is 0.275 e. The van der Waals surface area contributed by atoms with Crippen LogP contribution in [0.4, 0.5) is 5.82 Å². The highest BCUT2D eigenvalue weighted by molar-refractivity contribution is 7.22. The molecule has 0 aliphatic carbocycles. The van der Waals surface area contributed by atoms with E-state index in [2.05, 4.69) is 27.4 Å². The Kier molecular flexibility index (Phi) is 8.82. The number of hydrogen-bond donors (Lipinski definition) is 1. The maximum atomic E-state index is 12.6. The number of thiophene rings is 2. The van der Waals surface area contributed by atoms with E-state index in [1.807, 2.05) is 36.6 Å². The van der Waals surface area contributed by atoms with Crippen LogP contribution in [0.15, 0.2) is 53.4 Å². The fraction of sp³-hybridized carbons (Fsp3) is 0.355. The van der Waals surface area contributed by atoms with Gasteiger partial charge in [-0.25, -0.2) is 9.97 Å². The van der Waals surface area contributed by atoms with Crippen molar-refractivity contribution in [1.82, 2.24) is 24.8 Å². The Morgan fingerprint density at radius 1 is 0.953 bits per heavy atom. The largest absolute Gasteiger partial charge is 0.492 e. The van der Waals surface area contributed by atoms with Crippen molar-refractivity contribution in [2.45, 2.75) is 13.8 Å². The zero-order valence-corrected chi connectivity index (χ0v) is 26.1. The van der Waals surface area contributed by atoms with Crippen LogP contribution in [0.1, 0.15) is 12.5 Å². The van der Waals surface area contributed by atoms with E-state index in [-0.39, 0.29) is 5.91 Å². The molecule has 12 heteroatoms. The highest BCUT2D eigenvalue weighted by atomic mass is 32.1. The van der Waals surface area contributed by atoms with E-state index in [0.717, 1.165) is 87.7 Å². The van der Waals surface area contributed by atoms with Gasteiger partial charge < -0.3 is 9.47 Å². The number of anilines is 1. The van der Waals surface area contributed by atoms with Gasteiger partial charge >= 0.3 is 0 Å². The highest BCUT2D eigenvalue weighted by Crippen LogP contribution is 2.42. The summed E-state index contributed by atoms with van der Waals surface area (Å²) < 4.78 is 11.3. The molecule has 1 N–H and O–H groups in total. The van der Waals surface area contributed by atoms with Crippen molar-refractivity contribution in [3.05, 3.63) is 59.0 Å². The minimum atomic E-state index is -0.417. The Bertz CT molecular complexity index is 1640. The first kappa shape index (κ1) is 29.4. The first-order valence-electron chi connectivity index (χ1n) is 14.3. The average Bonchev–Trinajstić information content (AvgIpc) is 3.73. The monoisotopic (exact) mass is 618 g/mol. The number of rotatable bonds is 11. The molecule has 2 aliphatic heterocycles. The van der Waals surface area contributed by atoms with Gasteiger partial charge in [-0.2, -0.15) is 5.01 Å². The number of ether oxygens (including phenoxy) is 2. The Hall–Kier alpha value is -3.68. The zero-order chi connectivity index (χ0) is 29.9. The van der Waals surface area contributed by atoms with E-state index in [9.17, 15) is 9.59 Å². The fourth-order valence-corrected chi connectivity index (χ4v) is 7.11. The lowest BCUT2D eigenvalue weighted by atomic mass is 10.1. The van der Waals surface area contributed by atoms with Crippen molar-refractivity contribution in [3.8, 4) is 26.9 Å². The summed E-state index contributed by atoms with van der Waals surface area (Å²) in [4.78, 5) is 42.4. The van der Waals surface area contributed by atoms with E-state index < -0.39 is 5.91 Å². The molecule has 1 saturated heterocycles. The summed E-state index contributed by atoms with van der Waals surface area (Å²) in [5.41, 5.74) is 5.39. The summed E-state index contributed by atoms with van der Waals surface area (Å²) in [5, 5.41) is 3.77. The van der Waals surface area contributed by atoms with Gasteiger partial charge in [-0.05, 0) is 60.7 Å². The number of aromatic nitrogens is 2. The van der Waals surface area contributed by atoms with Crippen molar-refractivity contribution in [2.75, 3.05) is 65.0 Å². The predicted molar refractivity (Wildman–Crippen MR) is 170 cm³/mol. The summed E-state index contributed by atoms with van der Waals surface area (Å²) in [5.74, 6) is 0.999. The highest BCUT2D eigenvalue weighted by Gasteiger charge is 2.30. The molecular weight excluding hydrogens is 585 g/mol.